The highest BCUT2D eigenvalue weighted by molar-refractivity contribution is 6.28. The van der Waals surface area contributed by atoms with E-state index in [1.165, 1.54) is 23.9 Å². The average Bonchev–Trinajstić information content (AvgIpc) is 3.45. The van der Waals surface area contributed by atoms with Gasteiger partial charge in [-0.1, -0.05) is 17.3 Å². The number of phenolic OH excluding ortho intramolecular Hbond substituents is 1. The number of nitrogens with one attached hydrogen (secondary N) is 1. The molecule has 0 saturated carbocycles. The number of esters is 1. The highest BCUT2D eigenvalue weighted by Gasteiger charge is 2.24. The highest BCUT2D eigenvalue weighted by atomic mass is 35.5. The van der Waals surface area contributed by atoms with Crippen molar-refractivity contribution in [3.8, 4) is 11.8 Å². The normalized spacial score (nSPS) is 14.0. The molecule has 5 rings (SSSR count). The fourth-order valence-corrected chi connectivity index (χ4v) is 4.20. The monoisotopic (exact) mass is 580 g/mol. The number of rotatable bonds is 10. The van der Waals surface area contributed by atoms with E-state index in [0.717, 1.165) is 11.3 Å². The minimum atomic E-state index is -0.777. The Balaban J connectivity index is 1.23. The van der Waals surface area contributed by atoms with Crippen molar-refractivity contribution >= 4 is 40.8 Å². The minimum absolute atomic E-state index is 0.0498. The Bertz CT molecular complexity index is 1520. The molecule has 1 fully saturated rings. The summed E-state index contributed by atoms with van der Waals surface area (Å²) in [6.45, 7) is 0.980. The standard InChI is InChI=1S/C26H25ClN8O6/c1-39-23(38)21(12-16-2-8-20(36)9-3-16)35-13-18(32-33-35)14-41-26-30-24(27)29-25(31-26)28-17-4-6-19(7-5-17)34-10-11-40-15-22(34)37/h2-9,13,21,36H,10-12,14-15H2,1H3,(H,28,29,30,31). The van der Waals surface area contributed by atoms with Crippen LogP contribution >= 0.6 is 11.6 Å². The number of anilines is 3. The second-order valence-corrected chi connectivity index (χ2v) is 9.21. The first kappa shape index (κ1) is 27.7. The molecule has 212 valence electrons. The topological polar surface area (TPSA) is 167 Å². The molecular weight excluding hydrogens is 556 g/mol. The molecular formula is C26H25ClN8O6. The summed E-state index contributed by atoms with van der Waals surface area (Å²) in [6.07, 6.45) is 1.84. The average molecular weight is 581 g/mol. The minimum Gasteiger partial charge on any atom is -0.508 e. The number of benzene rings is 2. The third-order valence-electron chi connectivity index (χ3n) is 6.07. The highest BCUT2D eigenvalue weighted by Crippen LogP contribution is 2.23. The number of nitrogens with zero attached hydrogens (tertiary/aromatic N) is 7. The van der Waals surface area contributed by atoms with Gasteiger partial charge >= 0.3 is 12.0 Å². The van der Waals surface area contributed by atoms with Gasteiger partial charge in [0, 0.05) is 24.3 Å². The summed E-state index contributed by atoms with van der Waals surface area (Å²) in [5, 5.41) is 20.6. The number of aromatic hydroxyl groups is 1. The number of amides is 1. The van der Waals surface area contributed by atoms with Gasteiger partial charge in [-0.3, -0.25) is 4.79 Å². The molecule has 1 atom stereocenters. The summed E-state index contributed by atoms with van der Waals surface area (Å²) in [7, 11) is 1.29. The Kier molecular flexibility index (Phi) is 8.50. The summed E-state index contributed by atoms with van der Waals surface area (Å²) in [5.74, 6) is -0.320. The zero-order chi connectivity index (χ0) is 28.8. The van der Waals surface area contributed by atoms with Gasteiger partial charge in [0.1, 0.15) is 24.7 Å². The van der Waals surface area contributed by atoms with E-state index in [-0.39, 0.29) is 48.5 Å². The molecule has 1 amide bonds. The van der Waals surface area contributed by atoms with Crippen LogP contribution in [0.2, 0.25) is 5.28 Å². The second kappa shape index (κ2) is 12.6. The molecule has 0 radical (unpaired) electrons. The SMILES string of the molecule is COC(=O)C(Cc1ccc(O)cc1)n1cc(COc2nc(Cl)nc(Nc3ccc(N4CCOCC4=O)cc3)n2)nn1. The predicted octanol–water partition coefficient (Wildman–Crippen LogP) is 2.46. The van der Waals surface area contributed by atoms with Crippen molar-refractivity contribution in [2.45, 2.75) is 19.1 Å². The number of carbonyl (C=O) groups excluding carboxylic acids is 2. The molecule has 41 heavy (non-hydrogen) atoms. The van der Waals surface area contributed by atoms with Gasteiger partial charge in [0.05, 0.1) is 19.9 Å². The number of hydrogen-bond acceptors (Lipinski definition) is 12. The van der Waals surface area contributed by atoms with E-state index in [0.29, 0.717) is 24.5 Å². The Labute approximate surface area is 238 Å². The van der Waals surface area contributed by atoms with Gasteiger partial charge in [-0.05, 0) is 53.6 Å². The number of phenols is 1. The van der Waals surface area contributed by atoms with Crippen LogP contribution in [0.1, 0.15) is 17.3 Å². The van der Waals surface area contributed by atoms with Crippen molar-refractivity contribution in [2.75, 3.05) is 37.1 Å². The number of halogens is 1. The van der Waals surface area contributed by atoms with Gasteiger partial charge in [-0.2, -0.15) is 15.0 Å². The molecule has 0 bridgehead atoms. The van der Waals surface area contributed by atoms with Crippen molar-refractivity contribution in [1.82, 2.24) is 29.9 Å². The molecule has 3 heterocycles. The molecule has 2 N–H and O–H groups in total. The molecule has 2 aromatic carbocycles. The lowest BCUT2D eigenvalue weighted by Crippen LogP contribution is -2.41. The van der Waals surface area contributed by atoms with Crippen LogP contribution in [-0.2, 0) is 32.1 Å². The first-order valence-electron chi connectivity index (χ1n) is 12.4. The van der Waals surface area contributed by atoms with Crippen LogP contribution in [0, 0.1) is 0 Å². The number of aromatic nitrogens is 6. The smallest absolute Gasteiger partial charge is 0.331 e. The third kappa shape index (κ3) is 7.04. The molecule has 1 saturated heterocycles. The van der Waals surface area contributed by atoms with E-state index < -0.39 is 12.0 Å². The van der Waals surface area contributed by atoms with Crippen molar-refractivity contribution < 1.29 is 28.9 Å². The van der Waals surface area contributed by atoms with Crippen molar-refractivity contribution in [2.24, 2.45) is 0 Å². The van der Waals surface area contributed by atoms with Gasteiger partial charge in [0.2, 0.25) is 11.2 Å². The Morgan fingerprint density at radius 3 is 2.66 bits per heavy atom. The van der Waals surface area contributed by atoms with Gasteiger partial charge in [0.15, 0.2) is 6.04 Å². The number of carbonyl (C=O) groups is 2. The zero-order valence-electron chi connectivity index (χ0n) is 21.8. The second-order valence-electron chi connectivity index (χ2n) is 8.87. The molecule has 1 aliphatic rings. The number of hydrogen-bond donors (Lipinski definition) is 2. The molecule has 15 heteroatoms. The zero-order valence-corrected chi connectivity index (χ0v) is 22.6. The maximum absolute atomic E-state index is 12.4. The summed E-state index contributed by atoms with van der Waals surface area (Å²) < 4.78 is 17.2. The lowest BCUT2D eigenvalue weighted by molar-refractivity contribution is -0.145. The summed E-state index contributed by atoms with van der Waals surface area (Å²) in [5.41, 5.74) is 2.62. The van der Waals surface area contributed by atoms with E-state index >= 15 is 0 Å². The predicted molar refractivity (Wildman–Crippen MR) is 145 cm³/mol. The van der Waals surface area contributed by atoms with E-state index in [1.54, 1.807) is 47.5 Å². The molecule has 1 unspecified atom stereocenters. The van der Waals surface area contributed by atoms with Gasteiger partial charge in [-0.15, -0.1) is 5.10 Å². The van der Waals surface area contributed by atoms with Crippen LogP contribution in [-0.4, -0.2) is 73.8 Å². The maximum atomic E-state index is 12.4. The summed E-state index contributed by atoms with van der Waals surface area (Å²) >= 11 is 6.09. The van der Waals surface area contributed by atoms with Crippen molar-refractivity contribution in [3.63, 3.8) is 0 Å². The number of methoxy groups -OCH3 is 1. The van der Waals surface area contributed by atoms with Crippen LogP contribution < -0.4 is 15.0 Å². The van der Waals surface area contributed by atoms with Crippen LogP contribution in [0.25, 0.3) is 0 Å². The molecule has 4 aromatic rings. The first-order valence-corrected chi connectivity index (χ1v) is 12.8. The Morgan fingerprint density at radius 2 is 1.93 bits per heavy atom. The molecule has 14 nitrogen and oxygen atoms in total. The fraction of sp³-hybridized carbons (Fsp3) is 0.269. The van der Waals surface area contributed by atoms with Crippen LogP contribution in [0.5, 0.6) is 11.8 Å². The maximum Gasteiger partial charge on any atom is 0.331 e. The third-order valence-corrected chi connectivity index (χ3v) is 6.24. The lowest BCUT2D eigenvalue weighted by Gasteiger charge is -2.26. The lowest BCUT2D eigenvalue weighted by atomic mass is 10.1. The molecule has 0 aliphatic carbocycles. The Hall–Kier alpha value is -4.82. The number of ether oxygens (including phenoxy) is 3. The van der Waals surface area contributed by atoms with Crippen LogP contribution in [0.15, 0.2) is 54.7 Å². The van der Waals surface area contributed by atoms with Crippen LogP contribution in [0.3, 0.4) is 0 Å². The molecule has 2 aromatic heterocycles. The summed E-state index contributed by atoms with van der Waals surface area (Å²) in [6, 6.07) is 12.8. The molecule has 0 spiro atoms. The largest absolute Gasteiger partial charge is 0.508 e. The first-order chi connectivity index (χ1) is 19.9. The molecule has 1 aliphatic heterocycles. The van der Waals surface area contributed by atoms with Crippen LogP contribution in [0.4, 0.5) is 17.3 Å². The van der Waals surface area contributed by atoms with E-state index in [1.807, 2.05) is 0 Å². The number of morpholine rings is 1. The summed E-state index contributed by atoms with van der Waals surface area (Å²) in [4.78, 5) is 38.5. The fourth-order valence-electron chi connectivity index (χ4n) is 4.04. The van der Waals surface area contributed by atoms with Gasteiger partial charge in [-0.25, -0.2) is 9.48 Å². The van der Waals surface area contributed by atoms with E-state index in [9.17, 15) is 14.7 Å². The van der Waals surface area contributed by atoms with E-state index in [2.05, 4.69) is 30.6 Å². The van der Waals surface area contributed by atoms with Crippen molar-refractivity contribution in [1.29, 1.82) is 0 Å². The van der Waals surface area contributed by atoms with Crippen molar-refractivity contribution in [3.05, 3.63) is 71.3 Å². The quantitative estimate of drug-likeness (QED) is 0.263. The Morgan fingerprint density at radius 1 is 1.15 bits per heavy atom. The van der Waals surface area contributed by atoms with E-state index in [4.69, 9.17) is 25.8 Å². The van der Waals surface area contributed by atoms with Gasteiger partial charge in [0.25, 0.3) is 5.91 Å². The van der Waals surface area contributed by atoms with Gasteiger partial charge < -0.3 is 29.5 Å².